The summed E-state index contributed by atoms with van der Waals surface area (Å²) in [5, 5.41) is 30.5. The van der Waals surface area contributed by atoms with E-state index in [0.717, 1.165) is 32.1 Å². The van der Waals surface area contributed by atoms with Gasteiger partial charge in [0.05, 0.1) is 12.2 Å². The molecule has 4 aliphatic carbocycles. The maximum absolute atomic E-state index is 11.2. The summed E-state index contributed by atoms with van der Waals surface area (Å²) < 4.78 is 0. The Labute approximate surface area is 170 Å². The van der Waals surface area contributed by atoms with Crippen LogP contribution < -0.4 is 0 Å². The molecule has 10 atom stereocenters. The van der Waals surface area contributed by atoms with Crippen molar-refractivity contribution in [2.45, 2.75) is 97.2 Å². The Bertz CT molecular complexity index is 605. The first-order chi connectivity index (χ1) is 13.2. The molecule has 0 radical (unpaired) electrons. The fourth-order valence-electron chi connectivity index (χ4n) is 8.73. The van der Waals surface area contributed by atoms with Gasteiger partial charge < -0.3 is 15.3 Å². The summed E-state index contributed by atoms with van der Waals surface area (Å²) in [5.74, 6) is 2.36. The molecule has 0 saturated heterocycles. The lowest BCUT2D eigenvalue weighted by atomic mass is 9.43. The zero-order chi connectivity index (χ0) is 20.3. The maximum atomic E-state index is 11.2. The predicted molar refractivity (Wildman–Crippen MR) is 109 cm³/mol. The minimum Gasteiger partial charge on any atom is -0.481 e. The van der Waals surface area contributed by atoms with Crippen molar-refractivity contribution in [3.05, 3.63) is 0 Å². The van der Waals surface area contributed by atoms with Gasteiger partial charge in [0.1, 0.15) is 0 Å². The Kier molecular flexibility index (Phi) is 5.36. The second-order valence-electron chi connectivity index (χ2n) is 11.4. The highest BCUT2D eigenvalue weighted by molar-refractivity contribution is 5.66. The lowest BCUT2D eigenvalue weighted by Gasteiger charge is -2.62. The summed E-state index contributed by atoms with van der Waals surface area (Å²) in [6.45, 7) is 7.16. The van der Waals surface area contributed by atoms with Crippen molar-refractivity contribution >= 4 is 5.97 Å². The second-order valence-corrected chi connectivity index (χ2v) is 11.4. The van der Waals surface area contributed by atoms with Crippen molar-refractivity contribution in [2.24, 2.45) is 46.3 Å². The summed E-state index contributed by atoms with van der Waals surface area (Å²) in [6.07, 6.45) is 9.19. The maximum Gasteiger partial charge on any atom is 0.303 e. The first-order valence-electron chi connectivity index (χ1n) is 11.7. The molecule has 0 spiro atoms. The minimum absolute atomic E-state index is 0.179. The highest BCUT2D eigenvalue weighted by Gasteiger charge is 2.62. The van der Waals surface area contributed by atoms with Crippen molar-refractivity contribution in [3.8, 4) is 0 Å². The van der Waals surface area contributed by atoms with Gasteiger partial charge >= 0.3 is 5.97 Å². The van der Waals surface area contributed by atoms with E-state index in [2.05, 4.69) is 20.8 Å². The van der Waals surface area contributed by atoms with E-state index >= 15 is 0 Å². The smallest absolute Gasteiger partial charge is 0.303 e. The first kappa shape index (κ1) is 20.7. The number of carbonyl (C=O) groups is 1. The number of aliphatic hydroxyl groups excluding tert-OH is 2. The van der Waals surface area contributed by atoms with Gasteiger partial charge in [-0.1, -0.05) is 20.8 Å². The third-order valence-corrected chi connectivity index (χ3v) is 10.2. The van der Waals surface area contributed by atoms with E-state index in [4.69, 9.17) is 5.11 Å². The van der Waals surface area contributed by atoms with E-state index in [9.17, 15) is 15.0 Å². The van der Waals surface area contributed by atoms with Gasteiger partial charge in [-0.2, -0.15) is 0 Å². The molecule has 4 nitrogen and oxygen atoms in total. The molecule has 4 rings (SSSR count). The quantitative estimate of drug-likeness (QED) is 0.659. The van der Waals surface area contributed by atoms with Gasteiger partial charge in [-0.05, 0) is 104 Å². The third kappa shape index (κ3) is 3.14. The summed E-state index contributed by atoms with van der Waals surface area (Å²) >= 11 is 0. The van der Waals surface area contributed by atoms with E-state index in [1.54, 1.807) is 0 Å². The molecule has 0 amide bonds. The van der Waals surface area contributed by atoms with Gasteiger partial charge in [0.2, 0.25) is 0 Å². The van der Waals surface area contributed by atoms with Gasteiger partial charge in [0.15, 0.2) is 0 Å². The zero-order valence-corrected chi connectivity index (χ0v) is 17.9. The number of aliphatic hydroxyl groups is 2. The molecule has 0 aromatic carbocycles. The van der Waals surface area contributed by atoms with E-state index in [1.807, 2.05) is 0 Å². The molecule has 0 aliphatic heterocycles. The van der Waals surface area contributed by atoms with Crippen LogP contribution in [0.1, 0.15) is 85.0 Å². The Hall–Kier alpha value is -0.610. The minimum atomic E-state index is -0.684. The van der Waals surface area contributed by atoms with Crippen LogP contribution in [0, 0.1) is 46.3 Å². The van der Waals surface area contributed by atoms with Crippen LogP contribution in [0.2, 0.25) is 0 Å². The van der Waals surface area contributed by atoms with Gasteiger partial charge in [0, 0.05) is 6.42 Å². The number of hydrogen-bond acceptors (Lipinski definition) is 3. The Morgan fingerprint density at radius 1 is 1.00 bits per heavy atom. The molecule has 0 heterocycles. The number of fused-ring (bicyclic) bond motifs is 5. The average molecular weight is 393 g/mol. The predicted octanol–water partition coefficient (Wildman–Crippen LogP) is 4.48. The van der Waals surface area contributed by atoms with E-state index in [0.29, 0.717) is 35.5 Å². The summed E-state index contributed by atoms with van der Waals surface area (Å²) in [6, 6.07) is 0. The average Bonchev–Trinajstić information content (AvgIpc) is 2.98. The number of carboxylic acid groups (broad SMARTS) is 1. The van der Waals surface area contributed by atoms with E-state index in [1.165, 1.54) is 25.7 Å². The van der Waals surface area contributed by atoms with Crippen LogP contribution in [0.4, 0.5) is 0 Å². The molecule has 4 saturated carbocycles. The van der Waals surface area contributed by atoms with Crippen molar-refractivity contribution in [1.29, 1.82) is 0 Å². The zero-order valence-electron chi connectivity index (χ0n) is 17.9. The van der Waals surface area contributed by atoms with Gasteiger partial charge in [-0.3, -0.25) is 4.79 Å². The summed E-state index contributed by atoms with van der Waals surface area (Å²) in [7, 11) is 0. The Morgan fingerprint density at radius 3 is 2.39 bits per heavy atom. The molecule has 160 valence electrons. The molecular weight excluding hydrogens is 352 g/mol. The molecule has 4 fully saturated rings. The molecule has 0 aromatic heterocycles. The molecule has 0 bridgehead atoms. The van der Waals surface area contributed by atoms with Crippen LogP contribution in [0.3, 0.4) is 0 Å². The molecule has 3 unspecified atom stereocenters. The lowest BCUT2D eigenvalue weighted by Crippen LogP contribution is -2.58. The topological polar surface area (TPSA) is 77.8 Å². The molecule has 4 aliphatic rings. The van der Waals surface area contributed by atoms with Crippen LogP contribution in [0.15, 0.2) is 0 Å². The van der Waals surface area contributed by atoms with Crippen LogP contribution in [0.25, 0.3) is 0 Å². The van der Waals surface area contributed by atoms with Crippen LogP contribution in [-0.4, -0.2) is 33.5 Å². The second kappa shape index (κ2) is 7.27. The first-order valence-corrected chi connectivity index (χ1v) is 11.7. The van der Waals surface area contributed by atoms with Crippen molar-refractivity contribution in [2.75, 3.05) is 0 Å². The molecular formula is C24H40O4. The Morgan fingerprint density at radius 2 is 1.68 bits per heavy atom. The van der Waals surface area contributed by atoms with Crippen molar-refractivity contribution in [3.63, 3.8) is 0 Å². The standard InChI is InChI=1S/C24H40O4/c1-14(4-7-21(27)28)17-5-6-18-22-19(9-11-24(17,18)3)23(2)10-8-16(25)12-15(23)13-20(22)26/h14-20,22,25-26H,4-13H2,1-3H3,(H,27,28)/t14?,15-,16+,17+,18+,19-,20?,22?,23-,24+/m0/s1. The fraction of sp³-hybridized carbons (Fsp3) is 0.958. The lowest BCUT2D eigenvalue weighted by molar-refractivity contribution is -0.174. The molecule has 0 aromatic rings. The monoisotopic (exact) mass is 392 g/mol. The largest absolute Gasteiger partial charge is 0.481 e. The van der Waals surface area contributed by atoms with Crippen molar-refractivity contribution < 1.29 is 20.1 Å². The summed E-state index contributed by atoms with van der Waals surface area (Å²) in [4.78, 5) is 11.1. The van der Waals surface area contributed by atoms with Crippen LogP contribution >= 0.6 is 0 Å². The Balaban J connectivity index is 1.55. The summed E-state index contributed by atoms with van der Waals surface area (Å²) in [5.41, 5.74) is 0.523. The molecule has 4 heteroatoms. The highest BCUT2D eigenvalue weighted by Crippen LogP contribution is 2.68. The van der Waals surface area contributed by atoms with E-state index in [-0.39, 0.29) is 29.5 Å². The van der Waals surface area contributed by atoms with Gasteiger partial charge in [-0.25, -0.2) is 0 Å². The fourth-order valence-corrected chi connectivity index (χ4v) is 8.73. The normalized spacial score (nSPS) is 51.7. The number of rotatable bonds is 4. The number of aliphatic carboxylic acids is 1. The SMILES string of the molecule is CC(CCC(=O)O)[C@H]1CC[C@@H]2C3C(O)C[C@@H]4C[C@H](O)CC[C@]4(C)[C@H]3CC[C@]12C. The van der Waals surface area contributed by atoms with E-state index < -0.39 is 5.97 Å². The van der Waals surface area contributed by atoms with Crippen molar-refractivity contribution in [1.82, 2.24) is 0 Å². The highest BCUT2D eigenvalue weighted by atomic mass is 16.4. The molecule has 28 heavy (non-hydrogen) atoms. The number of hydrogen-bond donors (Lipinski definition) is 3. The van der Waals surface area contributed by atoms with Crippen LogP contribution in [-0.2, 0) is 4.79 Å². The van der Waals surface area contributed by atoms with Gasteiger partial charge in [-0.15, -0.1) is 0 Å². The van der Waals surface area contributed by atoms with Gasteiger partial charge in [0.25, 0.3) is 0 Å². The third-order valence-electron chi connectivity index (χ3n) is 10.2. The number of carboxylic acids is 1. The van der Waals surface area contributed by atoms with Crippen LogP contribution in [0.5, 0.6) is 0 Å². The molecule has 3 N–H and O–H groups in total.